The highest BCUT2D eigenvalue weighted by atomic mass is 16.5. The fourth-order valence-electron chi connectivity index (χ4n) is 2.05. The van der Waals surface area contributed by atoms with Gasteiger partial charge in [0.25, 0.3) is 0 Å². The van der Waals surface area contributed by atoms with Crippen LogP contribution < -0.4 is 0 Å². The molecule has 0 saturated heterocycles. The average molecular weight is 310 g/mol. The summed E-state index contributed by atoms with van der Waals surface area (Å²) in [5.41, 5.74) is 1.45. The van der Waals surface area contributed by atoms with Crippen LogP contribution in [0.1, 0.15) is 43.4 Å². The average Bonchev–Trinajstić information content (AvgIpc) is 2.47. The van der Waals surface area contributed by atoms with Gasteiger partial charge in [-0.25, -0.2) is 0 Å². The maximum Gasteiger partial charge on any atom is 0.308 e. The number of rotatable bonds is 9. The number of carboxylic acids is 1. The second-order valence-electron chi connectivity index (χ2n) is 5.01. The van der Waals surface area contributed by atoms with Gasteiger partial charge in [0.1, 0.15) is 6.10 Å². The summed E-state index contributed by atoms with van der Waals surface area (Å²) in [6.07, 6.45) is -1.37. The molecule has 1 aromatic carbocycles. The van der Waals surface area contributed by atoms with Gasteiger partial charge in [0, 0.05) is 6.42 Å². The van der Waals surface area contributed by atoms with E-state index in [-0.39, 0.29) is 19.4 Å². The number of carboxylic acid groups (broad SMARTS) is 1. The van der Waals surface area contributed by atoms with Crippen molar-refractivity contribution in [2.75, 3.05) is 6.61 Å². The van der Waals surface area contributed by atoms with E-state index in [1.54, 1.807) is 31.2 Å². The number of esters is 1. The molecule has 3 N–H and O–H groups in total. The SMILES string of the molecule is CCOC(=O)CC(O)C(O)c1ccc(CCCC(=O)O)cc1. The Hall–Kier alpha value is -1.92. The van der Waals surface area contributed by atoms with Crippen molar-refractivity contribution in [1.82, 2.24) is 0 Å². The van der Waals surface area contributed by atoms with Gasteiger partial charge < -0.3 is 20.1 Å². The maximum atomic E-state index is 11.3. The number of ether oxygens (including phenoxy) is 1. The Morgan fingerprint density at radius 2 is 1.82 bits per heavy atom. The number of aliphatic hydroxyl groups is 2. The first-order valence-electron chi connectivity index (χ1n) is 7.26. The molecular formula is C16H22O6. The summed E-state index contributed by atoms with van der Waals surface area (Å²) < 4.78 is 4.72. The van der Waals surface area contributed by atoms with Crippen LogP contribution in [0.15, 0.2) is 24.3 Å². The molecule has 0 spiro atoms. The lowest BCUT2D eigenvalue weighted by Gasteiger charge is -2.17. The molecule has 6 heteroatoms. The molecule has 0 aromatic heterocycles. The van der Waals surface area contributed by atoms with E-state index < -0.39 is 24.1 Å². The van der Waals surface area contributed by atoms with Gasteiger partial charge in [0.15, 0.2) is 0 Å². The largest absolute Gasteiger partial charge is 0.481 e. The van der Waals surface area contributed by atoms with Gasteiger partial charge >= 0.3 is 11.9 Å². The number of aliphatic carboxylic acids is 1. The highest BCUT2D eigenvalue weighted by molar-refractivity contribution is 5.70. The third-order valence-corrected chi connectivity index (χ3v) is 3.22. The van der Waals surface area contributed by atoms with Gasteiger partial charge in [-0.05, 0) is 30.9 Å². The molecule has 22 heavy (non-hydrogen) atoms. The summed E-state index contributed by atoms with van der Waals surface area (Å²) in [5.74, 6) is -1.38. The van der Waals surface area contributed by atoms with Crippen molar-refractivity contribution >= 4 is 11.9 Å². The van der Waals surface area contributed by atoms with Crippen molar-refractivity contribution in [2.45, 2.75) is 44.8 Å². The molecule has 0 heterocycles. The highest BCUT2D eigenvalue weighted by Gasteiger charge is 2.21. The number of aliphatic hydroxyl groups excluding tert-OH is 2. The van der Waals surface area contributed by atoms with Crippen LogP contribution in [-0.4, -0.2) is 40.0 Å². The first kappa shape index (κ1) is 18.1. The summed E-state index contributed by atoms with van der Waals surface area (Å²) in [6, 6.07) is 6.87. The number of benzene rings is 1. The van der Waals surface area contributed by atoms with Crippen LogP contribution in [0, 0.1) is 0 Å². The molecule has 0 bridgehead atoms. The standard InChI is InChI=1S/C16H22O6/c1-2-22-15(20)10-13(17)16(21)12-8-6-11(7-9-12)4-3-5-14(18)19/h6-9,13,16-17,21H,2-5,10H2,1H3,(H,18,19). The van der Waals surface area contributed by atoms with E-state index in [1.807, 2.05) is 0 Å². The summed E-state index contributed by atoms with van der Waals surface area (Å²) in [5, 5.41) is 28.4. The van der Waals surface area contributed by atoms with Gasteiger partial charge in [-0.3, -0.25) is 9.59 Å². The van der Waals surface area contributed by atoms with Crippen LogP contribution in [0.3, 0.4) is 0 Å². The quantitative estimate of drug-likeness (QED) is 0.596. The Kier molecular flexibility index (Phi) is 7.56. The van der Waals surface area contributed by atoms with E-state index in [4.69, 9.17) is 9.84 Å². The lowest BCUT2D eigenvalue weighted by Crippen LogP contribution is -2.23. The Morgan fingerprint density at radius 3 is 2.36 bits per heavy atom. The van der Waals surface area contributed by atoms with E-state index in [0.29, 0.717) is 18.4 Å². The molecule has 0 aliphatic rings. The minimum atomic E-state index is -1.23. The van der Waals surface area contributed by atoms with E-state index in [0.717, 1.165) is 5.56 Å². The molecule has 0 radical (unpaired) electrons. The maximum absolute atomic E-state index is 11.3. The van der Waals surface area contributed by atoms with Gasteiger partial charge in [0.05, 0.1) is 19.1 Å². The first-order valence-corrected chi connectivity index (χ1v) is 7.26. The molecule has 0 saturated carbocycles. The number of hydrogen-bond donors (Lipinski definition) is 3. The molecule has 1 rings (SSSR count). The fourth-order valence-corrected chi connectivity index (χ4v) is 2.05. The molecule has 0 aliphatic carbocycles. The van der Waals surface area contributed by atoms with Crippen molar-refractivity contribution < 1.29 is 29.6 Å². The third kappa shape index (κ3) is 6.24. The second-order valence-corrected chi connectivity index (χ2v) is 5.01. The van der Waals surface area contributed by atoms with Crippen molar-refractivity contribution in [2.24, 2.45) is 0 Å². The van der Waals surface area contributed by atoms with Gasteiger partial charge in [-0.15, -0.1) is 0 Å². The van der Waals surface area contributed by atoms with Crippen LogP contribution in [0.25, 0.3) is 0 Å². The van der Waals surface area contributed by atoms with Crippen molar-refractivity contribution in [3.63, 3.8) is 0 Å². The Labute approximate surface area is 129 Å². The van der Waals surface area contributed by atoms with Crippen molar-refractivity contribution in [3.8, 4) is 0 Å². The first-order chi connectivity index (χ1) is 10.4. The predicted octanol–water partition coefficient (Wildman–Crippen LogP) is 1.44. The predicted molar refractivity (Wildman–Crippen MR) is 79.2 cm³/mol. The number of carbonyl (C=O) groups is 2. The Balaban J connectivity index is 2.53. The molecular weight excluding hydrogens is 288 g/mol. The molecule has 0 amide bonds. The van der Waals surface area contributed by atoms with Crippen LogP contribution in [-0.2, 0) is 20.7 Å². The van der Waals surface area contributed by atoms with E-state index >= 15 is 0 Å². The Bertz CT molecular complexity index is 482. The Morgan fingerprint density at radius 1 is 1.18 bits per heavy atom. The van der Waals surface area contributed by atoms with Crippen LogP contribution >= 0.6 is 0 Å². The smallest absolute Gasteiger partial charge is 0.308 e. The summed E-state index contributed by atoms with van der Waals surface area (Å²) in [6.45, 7) is 1.90. The van der Waals surface area contributed by atoms with Crippen LogP contribution in [0.4, 0.5) is 0 Å². The molecule has 0 aliphatic heterocycles. The van der Waals surface area contributed by atoms with Crippen molar-refractivity contribution in [3.05, 3.63) is 35.4 Å². The van der Waals surface area contributed by atoms with E-state index in [2.05, 4.69) is 0 Å². The van der Waals surface area contributed by atoms with E-state index in [1.165, 1.54) is 0 Å². The summed E-state index contributed by atoms with van der Waals surface area (Å²) >= 11 is 0. The van der Waals surface area contributed by atoms with Gasteiger partial charge in [-0.2, -0.15) is 0 Å². The van der Waals surface area contributed by atoms with Gasteiger partial charge in [-0.1, -0.05) is 24.3 Å². The summed E-state index contributed by atoms with van der Waals surface area (Å²) in [7, 11) is 0. The number of hydrogen-bond acceptors (Lipinski definition) is 5. The second kappa shape index (κ2) is 9.17. The zero-order chi connectivity index (χ0) is 16.5. The number of carbonyl (C=O) groups excluding carboxylic acids is 1. The number of aryl methyl sites for hydroxylation is 1. The lowest BCUT2D eigenvalue weighted by molar-refractivity contribution is -0.147. The molecule has 122 valence electrons. The molecule has 2 unspecified atom stereocenters. The normalized spacial score (nSPS) is 13.4. The molecule has 2 atom stereocenters. The molecule has 1 aromatic rings. The van der Waals surface area contributed by atoms with E-state index in [9.17, 15) is 19.8 Å². The third-order valence-electron chi connectivity index (χ3n) is 3.22. The van der Waals surface area contributed by atoms with Gasteiger partial charge in [0.2, 0.25) is 0 Å². The summed E-state index contributed by atoms with van der Waals surface area (Å²) in [4.78, 5) is 21.7. The minimum Gasteiger partial charge on any atom is -0.481 e. The molecule has 0 fully saturated rings. The topological polar surface area (TPSA) is 104 Å². The monoisotopic (exact) mass is 310 g/mol. The van der Waals surface area contributed by atoms with Crippen molar-refractivity contribution in [1.29, 1.82) is 0 Å². The molecule has 6 nitrogen and oxygen atoms in total. The zero-order valence-corrected chi connectivity index (χ0v) is 12.6. The lowest BCUT2D eigenvalue weighted by atomic mass is 9.99. The minimum absolute atomic E-state index is 0.114. The van der Waals surface area contributed by atoms with Crippen LogP contribution in [0.5, 0.6) is 0 Å². The van der Waals surface area contributed by atoms with Crippen LogP contribution in [0.2, 0.25) is 0 Å². The zero-order valence-electron chi connectivity index (χ0n) is 12.6. The fraction of sp³-hybridized carbons (Fsp3) is 0.500. The highest BCUT2D eigenvalue weighted by Crippen LogP contribution is 2.20.